The minimum Gasteiger partial charge on any atom is -0.298 e. The Bertz CT molecular complexity index is 885. The Morgan fingerprint density at radius 1 is 1.22 bits per heavy atom. The number of pyridine rings is 1. The minimum atomic E-state index is -0.578. The van der Waals surface area contributed by atoms with Crippen LogP contribution in [0.25, 0.3) is 11.3 Å². The van der Waals surface area contributed by atoms with Gasteiger partial charge in [-0.2, -0.15) is 0 Å². The van der Waals surface area contributed by atoms with Gasteiger partial charge >= 0.3 is 0 Å². The molecule has 116 valence electrons. The predicted molar refractivity (Wildman–Crippen MR) is 87.4 cm³/mol. The predicted octanol–water partition coefficient (Wildman–Crippen LogP) is 4.50. The Morgan fingerprint density at radius 2 is 2.04 bits per heavy atom. The molecule has 2 heterocycles. The van der Waals surface area contributed by atoms with Crippen molar-refractivity contribution in [1.29, 1.82) is 0 Å². The van der Waals surface area contributed by atoms with E-state index in [4.69, 9.17) is 0 Å². The maximum atomic E-state index is 13.7. The molecular formula is C15H8BrF2N3OS. The van der Waals surface area contributed by atoms with Crippen molar-refractivity contribution in [2.45, 2.75) is 0 Å². The van der Waals surface area contributed by atoms with Crippen LogP contribution in [0.1, 0.15) is 10.4 Å². The first-order chi connectivity index (χ1) is 11.0. The molecule has 4 nitrogen and oxygen atoms in total. The van der Waals surface area contributed by atoms with Gasteiger partial charge in [-0.05, 0) is 40.2 Å². The Hall–Kier alpha value is -2.19. The van der Waals surface area contributed by atoms with Gasteiger partial charge in [0.1, 0.15) is 11.6 Å². The van der Waals surface area contributed by atoms with E-state index in [2.05, 4.69) is 31.2 Å². The number of halogens is 3. The van der Waals surface area contributed by atoms with Crippen LogP contribution in [-0.4, -0.2) is 15.9 Å². The number of nitrogens with one attached hydrogen (secondary N) is 1. The Balaban J connectivity index is 1.82. The maximum Gasteiger partial charge on any atom is 0.259 e. The number of thiazole rings is 1. The zero-order valence-electron chi connectivity index (χ0n) is 11.4. The molecule has 8 heteroatoms. The van der Waals surface area contributed by atoms with Gasteiger partial charge in [-0.25, -0.2) is 13.8 Å². The molecule has 1 amide bonds. The zero-order chi connectivity index (χ0) is 16.4. The zero-order valence-corrected chi connectivity index (χ0v) is 13.8. The van der Waals surface area contributed by atoms with E-state index in [1.165, 1.54) is 6.20 Å². The summed E-state index contributed by atoms with van der Waals surface area (Å²) in [5.41, 5.74) is 0.661. The molecule has 3 rings (SSSR count). The maximum absolute atomic E-state index is 13.7. The van der Waals surface area contributed by atoms with Crippen LogP contribution in [0.2, 0.25) is 0 Å². The first-order valence-corrected chi connectivity index (χ1v) is 8.03. The average molecular weight is 396 g/mol. The highest BCUT2D eigenvalue weighted by molar-refractivity contribution is 9.10. The van der Waals surface area contributed by atoms with E-state index in [9.17, 15) is 13.6 Å². The summed E-state index contributed by atoms with van der Waals surface area (Å²) in [5.74, 6) is -1.52. The fourth-order valence-corrected chi connectivity index (χ4v) is 2.92. The lowest BCUT2D eigenvalue weighted by Crippen LogP contribution is -2.11. The second kappa shape index (κ2) is 6.51. The van der Waals surface area contributed by atoms with Crippen molar-refractivity contribution >= 4 is 38.3 Å². The number of carbonyl (C=O) groups excluding carboxylic acids is 1. The molecule has 0 saturated carbocycles. The highest BCUT2D eigenvalue weighted by Crippen LogP contribution is 2.28. The molecule has 0 unspecified atom stereocenters. The van der Waals surface area contributed by atoms with E-state index in [0.717, 1.165) is 29.5 Å². The van der Waals surface area contributed by atoms with Crippen molar-refractivity contribution < 1.29 is 13.6 Å². The van der Waals surface area contributed by atoms with Crippen molar-refractivity contribution in [2.24, 2.45) is 0 Å². The highest BCUT2D eigenvalue weighted by atomic mass is 79.9. The van der Waals surface area contributed by atoms with Crippen molar-refractivity contribution in [3.63, 3.8) is 0 Å². The van der Waals surface area contributed by atoms with Gasteiger partial charge in [-0.15, -0.1) is 11.3 Å². The molecule has 2 aromatic heterocycles. The molecule has 0 fully saturated rings. The third-order valence-corrected chi connectivity index (χ3v) is 4.09. The normalized spacial score (nSPS) is 10.6. The fourth-order valence-electron chi connectivity index (χ4n) is 1.85. The standard InChI is InChI=1S/C15H8BrF2N3OS/c16-9-3-8(5-19-6-9)14(22)21-15-20-13(7-23-15)11-4-10(17)1-2-12(11)18/h1-7H,(H,20,21,22). The first kappa shape index (κ1) is 15.7. The van der Waals surface area contributed by atoms with Gasteiger partial charge in [-0.1, -0.05) is 0 Å². The quantitative estimate of drug-likeness (QED) is 0.710. The number of anilines is 1. The fraction of sp³-hybridized carbons (Fsp3) is 0. The van der Waals surface area contributed by atoms with E-state index in [1.54, 1.807) is 17.6 Å². The summed E-state index contributed by atoms with van der Waals surface area (Å²) in [6, 6.07) is 4.75. The third kappa shape index (κ3) is 3.59. The second-order valence-corrected chi connectivity index (χ2v) is 6.28. The van der Waals surface area contributed by atoms with Crippen molar-refractivity contribution in [2.75, 3.05) is 5.32 Å². The Morgan fingerprint density at radius 3 is 2.83 bits per heavy atom. The molecule has 1 aromatic carbocycles. The van der Waals surface area contributed by atoms with E-state index in [1.807, 2.05) is 0 Å². The summed E-state index contributed by atoms with van der Waals surface area (Å²) in [5, 5.41) is 4.44. The summed E-state index contributed by atoms with van der Waals surface area (Å²) in [4.78, 5) is 20.1. The molecule has 0 aliphatic rings. The van der Waals surface area contributed by atoms with Crippen LogP contribution < -0.4 is 5.32 Å². The number of aromatic nitrogens is 2. The van der Waals surface area contributed by atoms with Crippen LogP contribution in [0, 0.1) is 11.6 Å². The van der Waals surface area contributed by atoms with Gasteiger partial charge in [0, 0.05) is 27.8 Å². The number of amides is 1. The van der Waals surface area contributed by atoms with Crippen molar-refractivity contribution in [3.8, 4) is 11.3 Å². The molecule has 0 spiro atoms. The van der Waals surface area contributed by atoms with Gasteiger partial charge in [-0.3, -0.25) is 15.1 Å². The van der Waals surface area contributed by atoms with Crippen LogP contribution >= 0.6 is 27.3 Å². The average Bonchev–Trinajstić information content (AvgIpc) is 2.98. The summed E-state index contributed by atoms with van der Waals surface area (Å²) in [6.45, 7) is 0. The minimum absolute atomic E-state index is 0.0471. The van der Waals surface area contributed by atoms with Gasteiger partial charge in [0.15, 0.2) is 5.13 Å². The number of carbonyl (C=O) groups is 1. The molecule has 0 aliphatic carbocycles. The smallest absolute Gasteiger partial charge is 0.259 e. The van der Waals surface area contributed by atoms with Crippen LogP contribution in [0.5, 0.6) is 0 Å². The van der Waals surface area contributed by atoms with Gasteiger partial charge in [0.2, 0.25) is 0 Å². The highest BCUT2D eigenvalue weighted by Gasteiger charge is 2.13. The number of hydrogen-bond donors (Lipinski definition) is 1. The SMILES string of the molecule is O=C(Nc1nc(-c2cc(F)ccc2F)cs1)c1cncc(Br)c1. The van der Waals surface area contributed by atoms with E-state index >= 15 is 0 Å². The molecular weight excluding hydrogens is 388 g/mol. The summed E-state index contributed by atoms with van der Waals surface area (Å²) < 4.78 is 27.6. The summed E-state index contributed by atoms with van der Waals surface area (Å²) in [6.07, 6.45) is 2.98. The second-order valence-electron chi connectivity index (χ2n) is 4.51. The number of hydrogen-bond acceptors (Lipinski definition) is 4. The Labute approximate surface area is 142 Å². The van der Waals surface area contributed by atoms with Crippen LogP contribution in [0.3, 0.4) is 0 Å². The van der Waals surface area contributed by atoms with Gasteiger partial charge < -0.3 is 0 Å². The monoisotopic (exact) mass is 395 g/mol. The lowest BCUT2D eigenvalue weighted by Gasteiger charge is -2.02. The van der Waals surface area contributed by atoms with Crippen LogP contribution in [-0.2, 0) is 0 Å². The molecule has 3 aromatic rings. The number of nitrogens with zero attached hydrogens (tertiary/aromatic N) is 2. The Kier molecular flexibility index (Phi) is 4.44. The van der Waals surface area contributed by atoms with Crippen LogP contribution in [0.4, 0.5) is 13.9 Å². The number of rotatable bonds is 3. The van der Waals surface area contributed by atoms with E-state index < -0.39 is 11.6 Å². The molecule has 0 radical (unpaired) electrons. The van der Waals surface area contributed by atoms with Gasteiger partial charge in [0.05, 0.1) is 11.3 Å². The summed E-state index contributed by atoms with van der Waals surface area (Å²) in [7, 11) is 0. The van der Waals surface area contributed by atoms with Gasteiger partial charge in [0.25, 0.3) is 5.91 Å². The molecule has 23 heavy (non-hydrogen) atoms. The molecule has 0 saturated heterocycles. The summed E-state index contributed by atoms with van der Waals surface area (Å²) >= 11 is 4.35. The molecule has 0 atom stereocenters. The lowest BCUT2D eigenvalue weighted by atomic mass is 10.1. The first-order valence-electron chi connectivity index (χ1n) is 6.36. The number of benzene rings is 1. The van der Waals surface area contributed by atoms with Crippen molar-refractivity contribution in [3.05, 3.63) is 63.7 Å². The van der Waals surface area contributed by atoms with E-state index in [0.29, 0.717) is 10.0 Å². The van der Waals surface area contributed by atoms with Crippen molar-refractivity contribution in [1.82, 2.24) is 9.97 Å². The lowest BCUT2D eigenvalue weighted by molar-refractivity contribution is 0.102. The largest absolute Gasteiger partial charge is 0.298 e. The molecule has 0 aliphatic heterocycles. The van der Waals surface area contributed by atoms with Crippen LogP contribution in [0.15, 0.2) is 46.5 Å². The van der Waals surface area contributed by atoms with E-state index in [-0.39, 0.29) is 22.3 Å². The molecule has 1 N–H and O–H groups in total. The molecule has 0 bridgehead atoms. The topological polar surface area (TPSA) is 54.9 Å². The third-order valence-electron chi connectivity index (χ3n) is 2.90.